The van der Waals surface area contributed by atoms with E-state index in [1.165, 1.54) is 6.92 Å². The van der Waals surface area contributed by atoms with Crippen molar-refractivity contribution < 1.29 is 14.6 Å². The van der Waals surface area contributed by atoms with Crippen LogP contribution in [0.4, 0.5) is 0 Å². The molecule has 2 aromatic carbocycles. The van der Waals surface area contributed by atoms with Crippen LogP contribution >= 0.6 is 0 Å². The predicted octanol–water partition coefficient (Wildman–Crippen LogP) is 2.03. The van der Waals surface area contributed by atoms with Crippen molar-refractivity contribution in [1.29, 1.82) is 0 Å². The highest BCUT2D eigenvalue weighted by Crippen LogP contribution is 2.26. The van der Waals surface area contributed by atoms with E-state index in [1.54, 1.807) is 0 Å². The maximum atomic E-state index is 12.0. The van der Waals surface area contributed by atoms with Gasteiger partial charge in [-0.15, -0.1) is 0 Å². The molecule has 2 rings (SSSR count). The first kappa shape index (κ1) is 15.2. The van der Waals surface area contributed by atoms with Gasteiger partial charge in [-0.2, -0.15) is 0 Å². The molecular weight excluding hydrogens is 266 g/mol. The van der Waals surface area contributed by atoms with Crippen molar-refractivity contribution in [2.75, 3.05) is 0 Å². The number of ether oxygens (including phenoxy) is 1. The first-order valence-corrected chi connectivity index (χ1v) is 6.83. The monoisotopic (exact) mass is 285 g/mol. The standard InChI is InChI=1S/C17H19NO3/c1-12(19)15(18)17(20)21-16(13-8-4-2-5-9-13)14-10-6-3-7-11-14/h2-12,15-16,19H,18H2,1H3/t12-,15+/m0/s1. The number of hydrogen-bond acceptors (Lipinski definition) is 4. The second kappa shape index (κ2) is 7.02. The third kappa shape index (κ3) is 3.90. The smallest absolute Gasteiger partial charge is 0.326 e. The van der Waals surface area contributed by atoms with Gasteiger partial charge in [-0.05, 0) is 18.1 Å². The van der Waals surface area contributed by atoms with Crippen LogP contribution in [0.25, 0.3) is 0 Å². The van der Waals surface area contributed by atoms with E-state index in [4.69, 9.17) is 10.5 Å². The van der Waals surface area contributed by atoms with E-state index in [0.29, 0.717) is 0 Å². The Bertz CT molecular complexity index is 530. The Hall–Kier alpha value is -2.17. The zero-order chi connectivity index (χ0) is 15.2. The first-order valence-electron chi connectivity index (χ1n) is 6.83. The van der Waals surface area contributed by atoms with Crippen molar-refractivity contribution >= 4 is 5.97 Å². The summed E-state index contributed by atoms with van der Waals surface area (Å²) >= 11 is 0. The molecule has 4 nitrogen and oxygen atoms in total. The molecule has 0 aliphatic heterocycles. The van der Waals surface area contributed by atoms with E-state index in [9.17, 15) is 9.90 Å². The van der Waals surface area contributed by atoms with Gasteiger partial charge in [0.2, 0.25) is 0 Å². The highest BCUT2D eigenvalue weighted by molar-refractivity contribution is 5.76. The van der Waals surface area contributed by atoms with Crippen molar-refractivity contribution in [3.63, 3.8) is 0 Å². The number of aliphatic hydroxyl groups excluding tert-OH is 1. The summed E-state index contributed by atoms with van der Waals surface area (Å²) in [5.41, 5.74) is 7.35. The molecule has 0 bridgehead atoms. The quantitative estimate of drug-likeness (QED) is 0.824. The van der Waals surface area contributed by atoms with Gasteiger partial charge in [-0.3, -0.25) is 4.79 Å². The van der Waals surface area contributed by atoms with Crippen molar-refractivity contribution in [3.05, 3.63) is 71.8 Å². The van der Waals surface area contributed by atoms with Gasteiger partial charge < -0.3 is 15.6 Å². The number of rotatable bonds is 5. The molecule has 0 radical (unpaired) electrons. The number of carbonyl (C=O) groups is 1. The number of benzene rings is 2. The minimum atomic E-state index is -1.06. The van der Waals surface area contributed by atoms with Crippen LogP contribution in [-0.2, 0) is 9.53 Å². The van der Waals surface area contributed by atoms with E-state index < -0.39 is 24.2 Å². The Kier molecular flexibility index (Phi) is 5.09. The second-order valence-electron chi connectivity index (χ2n) is 4.90. The van der Waals surface area contributed by atoms with Gasteiger partial charge in [0.1, 0.15) is 6.04 Å². The minimum absolute atomic E-state index is 0.537. The van der Waals surface area contributed by atoms with Gasteiger partial charge in [-0.25, -0.2) is 0 Å². The van der Waals surface area contributed by atoms with E-state index in [0.717, 1.165) is 11.1 Å². The summed E-state index contributed by atoms with van der Waals surface area (Å²) in [5.74, 6) is -0.622. The molecule has 2 aromatic rings. The summed E-state index contributed by atoms with van der Waals surface area (Å²) in [4.78, 5) is 12.0. The summed E-state index contributed by atoms with van der Waals surface area (Å²) in [6, 6.07) is 17.8. The summed E-state index contributed by atoms with van der Waals surface area (Å²) in [6.07, 6.45) is -1.49. The molecule has 0 fully saturated rings. The number of aliphatic hydroxyl groups is 1. The van der Waals surface area contributed by atoms with E-state index in [2.05, 4.69) is 0 Å². The second-order valence-corrected chi connectivity index (χ2v) is 4.90. The van der Waals surface area contributed by atoms with Crippen molar-refractivity contribution in [2.45, 2.75) is 25.2 Å². The molecule has 0 unspecified atom stereocenters. The number of hydrogen-bond donors (Lipinski definition) is 2. The van der Waals surface area contributed by atoms with Gasteiger partial charge in [0.05, 0.1) is 6.10 Å². The highest BCUT2D eigenvalue weighted by atomic mass is 16.5. The zero-order valence-electron chi connectivity index (χ0n) is 11.8. The lowest BCUT2D eigenvalue weighted by molar-refractivity contribution is -0.151. The van der Waals surface area contributed by atoms with Crippen LogP contribution in [0.3, 0.4) is 0 Å². The van der Waals surface area contributed by atoms with Crippen LogP contribution < -0.4 is 5.73 Å². The lowest BCUT2D eigenvalue weighted by atomic mass is 10.0. The molecule has 0 aromatic heterocycles. The fraction of sp³-hybridized carbons (Fsp3) is 0.235. The molecule has 110 valence electrons. The summed E-state index contributed by atoms with van der Waals surface area (Å²) in [7, 11) is 0. The van der Waals surface area contributed by atoms with Gasteiger partial charge in [0.25, 0.3) is 0 Å². The summed E-state index contributed by atoms with van der Waals surface area (Å²) in [5, 5.41) is 9.42. The number of nitrogens with two attached hydrogens (primary N) is 1. The molecular formula is C17H19NO3. The lowest BCUT2D eigenvalue weighted by Gasteiger charge is -2.22. The van der Waals surface area contributed by atoms with Gasteiger partial charge >= 0.3 is 5.97 Å². The molecule has 0 saturated carbocycles. The molecule has 4 heteroatoms. The van der Waals surface area contributed by atoms with E-state index in [-0.39, 0.29) is 0 Å². The highest BCUT2D eigenvalue weighted by Gasteiger charge is 2.25. The number of carbonyl (C=O) groups excluding carboxylic acids is 1. The Morgan fingerprint density at radius 1 is 1.00 bits per heavy atom. The summed E-state index contributed by atoms with van der Waals surface area (Å²) in [6.45, 7) is 1.46. The fourth-order valence-corrected chi connectivity index (χ4v) is 1.98. The fourth-order valence-electron chi connectivity index (χ4n) is 1.98. The van der Waals surface area contributed by atoms with Gasteiger partial charge in [0.15, 0.2) is 6.10 Å². The molecule has 0 spiro atoms. The minimum Gasteiger partial charge on any atom is -0.451 e. The van der Waals surface area contributed by atoms with Crippen molar-refractivity contribution in [2.24, 2.45) is 5.73 Å². The Morgan fingerprint density at radius 3 is 1.81 bits per heavy atom. The van der Waals surface area contributed by atoms with E-state index >= 15 is 0 Å². The number of esters is 1. The van der Waals surface area contributed by atoms with E-state index in [1.807, 2.05) is 60.7 Å². The molecule has 0 amide bonds. The van der Waals surface area contributed by atoms with Crippen molar-refractivity contribution in [3.8, 4) is 0 Å². The molecule has 0 aliphatic carbocycles. The third-order valence-corrected chi connectivity index (χ3v) is 3.23. The van der Waals surface area contributed by atoms with Crippen LogP contribution in [-0.4, -0.2) is 23.2 Å². The summed E-state index contributed by atoms with van der Waals surface area (Å²) < 4.78 is 5.52. The molecule has 0 aliphatic rings. The van der Waals surface area contributed by atoms with Gasteiger partial charge in [-0.1, -0.05) is 60.7 Å². The molecule has 3 N–H and O–H groups in total. The normalized spacial score (nSPS) is 13.7. The average molecular weight is 285 g/mol. The molecule has 21 heavy (non-hydrogen) atoms. The van der Waals surface area contributed by atoms with Crippen LogP contribution in [0.15, 0.2) is 60.7 Å². The first-order chi connectivity index (χ1) is 10.1. The average Bonchev–Trinajstić information content (AvgIpc) is 2.53. The van der Waals surface area contributed by atoms with Crippen molar-refractivity contribution in [1.82, 2.24) is 0 Å². The molecule has 0 heterocycles. The maximum Gasteiger partial charge on any atom is 0.326 e. The largest absolute Gasteiger partial charge is 0.451 e. The lowest BCUT2D eigenvalue weighted by Crippen LogP contribution is -2.42. The van der Waals surface area contributed by atoms with Crippen LogP contribution in [0, 0.1) is 0 Å². The van der Waals surface area contributed by atoms with Crippen LogP contribution in [0.1, 0.15) is 24.2 Å². The van der Waals surface area contributed by atoms with Gasteiger partial charge in [0, 0.05) is 0 Å². The Labute approximate surface area is 124 Å². The SMILES string of the molecule is C[C@H](O)[C@@H](N)C(=O)OC(c1ccccc1)c1ccccc1. The Morgan fingerprint density at radius 2 is 1.43 bits per heavy atom. The molecule has 0 saturated heterocycles. The van der Waals surface area contributed by atoms with Crippen LogP contribution in [0.2, 0.25) is 0 Å². The maximum absolute atomic E-state index is 12.0. The van der Waals surface area contributed by atoms with Crippen LogP contribution in [0.5, 0.6) is 0 Å². The Balaban J connectivity index is 2.28. The molecule has 2 atom stereocenters. The third-order valence-electron chi connectivity index (χ3n) is 3.23. The zero-order valence-corrected chi connectivity index (χ0v) is 11.8. The topological polar surface area (TPSA) is 72.5 Å². The predicted molar refractivity (Wildman–Crippen MR) is 80.5 cm³/mol.